The Hall–Kier alpha value is -7.25. The zero-order chi connectivity index (χ0) is 84.3. The molecule has 3 fully saturated rings. The average molecular weight is 1610 g/mol. The number of nitrogens with zero attached hydrogens (tertiary/aromatic N) is 8. The van der Waals surface area contributed by atoms with Crippen molar-refractivity contribution in [2.45, 2.75) is 279 Å². The highest BCUT2D eigenvalue weighted by atomic mass is 35.5. The van der Waals surface area contributed by atoms with Gasteiger partial charge >= 0.3 is 0 Å². The average Bonchev–Trinajstić information content (AvgIpc) is 1.25. The van der Waals surface area contributed by atoms with E-state index in [2.05, 4.69) is 102 Å². The molecule has 0 saturated carbocycles. The Bertz CT molecular complexity index is 3840. The molecule has 0 spiro atoms. The van der Waals surface area contributed by atoms with E-state index in [1.165, 1.54) is 50.5 Å². The molecule has 2 aromatic heterocycles. The topological polar surface area (TPSA) is 267 Å². The summed E-state index contributed by atoms with van der Waals surface area (Å²) in [5.41, 5.74) is 3.64. The highest BCUT2D eigenvalue weighted by molar-refractivity contribution is 7.13. The second-order valence-electron chi connectivity index (χ2n) is 31.8. The summed E-state index contributed by atoms with van der Waals surface area (Å²) < 4.78 is 13.7. The zero-order valence-corrected chi connectivity index (χ0v) is 72.9. The van der Waals surface area contributed by atoms with Crippen molar-refractivity contribution in [2.24, 2.45) is 22.7 Å². The van der Waals surface area contributed by atoms with Gasteiger partial charge in [0.2, 0.25) is 5.91 Å². The molecule has 27 heteroatoms. The van der Waals surface area contributed by atoms with Crippen LogP contribution in [0.5, 0.6) is 0 Å². The molecule has 3 saturated heterocycles. The molecule has 1 aromatic carbocycles. The highest BCUT2D eigenvalue weighted by Gasteiger charge is 2.48. The van der Waals surface area contributed by atoms with Gasteiger partial charge in [-0.3, -0.25) is 91.0 Å². The maximum Gasteiger partial charge on any atom is 0.274 e. The van der Waals surface area contributed by atoms with Crippen molar-refractivity contribution in [3.8, 4) is 0 Å². The Morgan fingerprint density at radius 1 is 0.550 bits per heavy atom. The fraction of sp³-hybridized carbons (Fsp3) is 0.573. The van der Waals surface area contributed by atoms with Gasteiger partial charge in [-0.2, -0.15) is 0 Å². The fourth-order valence-corrected chi connectivity index (χ4v) is 13.5. The molecule has 8 aliphatic heterocycles. The molecule has 604 valence electrons. The molecule has 0 aliphatic carbocycles. The molecule has 5 unspecified atom stereocenters. The zero-order valence-electron chi connectivity index (χ0n) is 69.1. The normalized spacial score (nSPS) is 20.0. The third kappa shape index (κ3) is 27.9. The van der Waals surface area contributed by atoms with Crippen LogP contribution in [0.3, 0.4) is 0 Å². The first-order valence-corrected chi connectivity index (χ1v) is 39.2. The number of hydrogen-bond acceptors (Lipinski definition) is 16. The van der Waals surface area contributed by atoms with Crippen LogP contribution >= 0.6 is 57.9 Å². The standard InChI is InChI=1S/C10H11NOS.C10H17NO.C9H13NO2.C9H18O.C8H10ClN.C8H11NO2.C7H7Cl2NO2.C7H8ClNO2.C7H9NO2.C7H14O/c1-7(2)11-10(12)8-5-3-4-6-9(8)13-11;1-4-10(12)11-7-5-6-9(11)8(2)3;1-5(2)10-8(11)6(3)7(4)9(10)12;1-6(2)7-8(10-7)9(3,4)5;1-6(2)7-5-10-4-3-8(7)9;1-5(2)9-7(10)4-6(3)8(9)11;1-3(2)10-6(11)4(8)5(9)7(10)12;1-4(2)9-6(10)3-5(8)7(9)11;1-5(2)8-6(9)3-4-7(8)10;1-5-6(8-5)7(2,3)4/h3-7H,1-2H3;4,8-9H,1,5-7H2,2-3H3;5H,1-4H3;6-8H,1-5H3;3-6H,1-2H3;4-5H,1-3H3;3H,1-2H3;3-4H,1-2H3;3-5H,1-2H3;5-6H,1-4H3. The summed E-state index contributed by atoms with van der Waals surface area (Å²) in [7, 11) is 0. The number of imide groups is 5. The number of carbonyl (C=O) groups excluding carboxylic acids is 11. The van der Waals surface area contributed by atoms with Gasteiger partial charge in [-0.25, -0.2) is 0 Å². The van der Waals surface area contributed by atoms with E-state index in [0.717, 1.165) is 55.9 Å². The number of carbonyl (C=O) groups is 11. The molecule has 0 N–H and O–H groups in total. The van der Waals surface area contributed by atoms with E-state index in [1.54, 1.807) is 54.7 Å². The number of pyridine rings is 1. The van der Waals surface area contributed by atoms with Gasteiger partial charge in [-0.1, -0.05) is 160 Å². The number of ether oxygens (including phenoxy) is 2. The summed E-state index contributed by atoms with van der Waals surface area (Å²) in [6.45, 7) is 59.8. The third-order valence-electron chi connectivity index (χ3n) is 17.6. The molecule has 11 amide bonds. The summed E-state index contributed by atoms with van der Waals surface area (Å²) in [5, 5.41) is 1.28. The number of likely N-dealkylation sites (tertiary alicyclic amines) is 1. The van der Waals surface area contributed by atoms with Crippen LogP contribution in [0.25, 0.3) is 10.1 Å². The molecule has 3 aromatic rings. The van der Waals surface area contributed by atoms with Gasteiger partial charge in [0.25, 0.3) is 64.6 Å². The van der Waals surface area contributed by atoms with Crippen molar-refractivity contribution in [1.82, 2.24) is 38.3 Å². The van der Waals surface area contributed by atoms with E-state index in [-0.39, 0.29) is 104 Å². The SMILES string of the molecule is C=CC(=O)N1CCCC1C(C)C.CC(C)C1OC1C(C)(C)C.CC(C)N1C(=O)C(Cl)=C(Cl)C1=O.CC(C)N1C(=O)C=C(Cl)C1=O.CC(C)N1C(=O)C=CC1=O.CC(C)c1cnccc1Cl.CC(C)n1sc2ccccc2c1=O.CC1=C(C)C(=O)N(C(C)C)C1=O.CC1=CC(=O)N(C(C)C)C1=O.CC1OC1C(C)(C)C. The summed E-state index contributed by atoms with van der Waals surface area (Å²) in [6.07, 6.45) is 14.4. The maximum atomic E-state index is 11.7. The molecular formula is C82H118Cl4N8O14S. The van der Waals surface area contributed by atoms with Gasteiger partial charge in [0.1, 0.15) is 15.1 Å². The Morgan fingerprint density at radius 2 is 0.991 bits per heavy atom. The van der Waals surface area contributed by atoms with E-state index in [0.29, 0.717) is 75.8 Å². The number of fused-ring (bicyclic) bond motifs is 1. The quantitative estimate of drug-likeness (QED) is 0.104. The van der Waals surface area contributed by atoms with Crippen LogP contribution in [-0.4, -0.2) is 171 Å². The highest BCUT2D eigenvalue weighted by Crippen LogP contribution is 2.42. The fourth-order valence-electron chi connectivity index (χ4n) is 11.6. The first-order chi connectivity index (χ1) is 50.1. The monoisotopic (exact) mass is 1610 g/mol. The Labute approximate surface area is 670 Å². The molecule has 0 bridgehead atoms. The van der Waals surface area contributed by atoms with Crippen molar-refractivity contribution < 1.29 is 62.2 Å². The summed E-state index contributed by atoms with van der Waals surface area (Å²) >= 11 is 23.8. The largest absolute Gasteiger partial charge is 0.369 e. The van der Waals surface area contributed by atoms with E-state index in [4.69, 9.17) is 55.9 Å². The molecule has 0 radical (unpaired) electrons. The predicted molar refractivity (Wildman–Crippen MR) is 435 cm³/mol. The minimum absolute atomic E-state index is 0.00343. The Morgan fingerprint density at radius 3 is 1.26 bits per heavy atom. The number of benzene rings is 1. The van der Waals surface area contributed by atoms with Crippen LogP contribution in [0.1, 0.15) is 224 Å². The van der Waals surface area contributed by atoms with E-state index in [1.807, 2.05) is 101 Å². The van der Waals surface area contributed by atoms with E-state index >= 15 is 0 Å². The molecular weight excluding hydrogens is 1490 g/mol. The van der Waals surface area contributed by atoms with Crippen LogP contribution in [0, 0.1) is 22.7 Å². The Kier molecular flexibility index (Phi) is 38.6. The van der Waals surface area contributed by atoms with Crippen molar-refractivity contribution in [3.63, 3.8) is 0 Å². The molecule has 5 atom stereocenters. The van der Waals surface area contributed by atoms with Crippen LogP contribution in [0.4, 0.5) is 0 Å². The van der Waals surface area contributed by atoms with Gasteiger partial charge in [0.15, 0.2) is 0 Å². The van der Waals surface area contributed by atoms with Crippen molar-refractivity contribution in [2.75, 3.05) is 6.54 Å². The lowest BCUT2D eigenvalue weighted by molar-refractivity contribution is -0.141. The van der Waals surface area contributed by atoms with Crippen LogP contribution in [-0.2, 0) is 62.2 Å². The maximum absolute atomic E-state index is 11.7. The lowest BCUT2D eigenvalue weighted by Crippen LogP contribution is -2.37. The van der Waals surface area contributed by atoms with Gasteiger partial charge in [-0.15, -0.1) is 0 Å². The molecule has 22 nitrogen and oxygen atoms in total. The summed E-state index contributed by atoms with van der Waals surface area (Å²) in [6, 6.07) is 9.79. The Balaban J connectivity index is 0.000000412. The summed E-state index contributed by atoms with van der Waals surface area (Å²) in [4.78, 5) is 146. The van der Waals surface area contributed by atoms with Crippen LogP contribution in [0.15, 0.2) is 116 Å². The van der Waals surface area contributed by atoms with Crippen molar-refractivity contribution in [3.05, 3.63) is 132 Å². The first-order valence-electron chi connectivity index (χ1n) is 36.9. The van der Waals surface area contributed by atoms with Crippen molar-refractivity contribution >= 4 is 133 Å². The lowest BCUT2D eigenvalue weighted by atomic mass is 9.87. The van der Waals surface area contributed by atoms with E-state index in [9.17, 15) is 57.5 Å². The molecule has 11 rings (SSSR count). The molecule has 10 heterocycles. The third-order valence-corrected chi connectivity index (χ3v) is 20.4. The summed E-state index contributed by atoms with van der Waals surface area (Å²) in [5.74, 6) is -1.01. The van der Waals surface area contributed by atoms with Crippen molar-refractivity contribution in [1.29, 1.82) is 0 Å². The second kappa shape index (κ2) is 43.0. The number of rotatable bonds is 10. The number of hydrogen-bond donors (Lipinski definition) is 0. The number of halogens is 4. The predicted octanol–water partition coefficient (Wildman–Crippen LogP) is 16.1. The molecule has 8 aliphatic rings. The first kappa shape index (κ1) is 97.8. The smallest absolute Gasteiger partial charge is 0.274 e. The van der Waals surface area contributed by atoms with Crippen LogP contribution < -0.4 is 5.56 Å². The number of epoxide rings is 2. The van der Waals surface area contributed by atoms with Crippen LogP contribution in [0.2, 0.25) is 5.02 Å². The van der Waals surface area contributed by atoms with Gasteiger partial charge in [0, 0.05) is 107 Å². The van der Waals surface area contributed by atoms with Gasteiger partial charge in [0.05, 0.1) is 34.5 Å². The number of aromatic nitrogens is 2. The van der Waals surface area contributed by atoms with Gasteiger partial charge in [-0.05, 0) is 182 Å². The minimum atomic E-state index is -0.512. The molecule has 109 heavy (non-hydrogen) atoms. The minimum Gasteiger partial charge on any atom is -0.369 e. The van der Waals surface area contributed by atoms with E-state index < -0.39 is 17.7 Å². The van der Waals surface area contributed by atoms with Gasteiger partial charge < -0.3 is 14.4 Å². The second-order valence-corrected chi connectivity index (χ2v) is 34.4. The lowest BCUT2D eigenvalue weighted by Gasteiger charge is -2.26. The number of amides is 11.